The third kappa shape index (κ3) is 4.90. The Morgan fingerprint density at radius 3 is 2.39 bits per heavy atom. The molecule has 0 saturated heterocycles. The van der Waals surface area contributed by atoms with Crippen LogP contribution in [0.4, 0.5) is 10.2 Å². The van der Waals surface area contributed by atoms with E-state index in [4.69, 9.17) is 15.2 Å². The SMILES string of the molecule is COc1ccc(OCc2nc(SCc3ccc(F)cc3)nc(N)c2C#N)cc1. The molecule has 2 aromatic carbocycles. The molecule has 0 amide bonds. The normalized spacial score (nSPS) is 10.3. The van der Waals surface area contributed by atoms with Crippen LogP contribution in [0.25, 0.3) is 0 Å². The van der Waals surface area contributed by atoms with Crippen molar-refractivity contribution < 1.29 is 13.9 Å². The molecule has 2 N–H and O–H groups in total. The summed E-state index contributed by atoms with van der Waals surface area (Å²) in [5, 5.41) is 9.79. The summed E-state index contributed by atoms with van der Waals surface area (Å²) in [6, 6.07) is 15.3. The molecule has 0 aliphatic carbocycles. The average molecular weight is 396 g/mol. The summed E-state index contributed by atoms with van der Waals surface area (Å²) in [6.45, 7) is 0.0754. The first-order chi connectivity index (χ1) is 13.6. The third-order valence-corrected chi connectivity index (χ3v) is 4.74. The van der Waals surface area contributed by atoms with Gasteiger partial charge in [0.15, 0.2) is 5.16 Å². The second kappa shape index (κ2) is 9.06. The van der Waals surface area contributed by atoms with E-state index < -0.39 is 0 Å². The van der Waals surface area contributed by atoms with Gasteiger partial charge in [0.1, 0.15) is 47.1 Å². The van der Waals surface area contributed by atoms with Crippen LogP contribution in [0, 0.1) is 17.1 Å². The molecule has 6 nitrogen and oxygen atoms in total. The van der Waals surface area contributed by atoms with E-state index in [0.29, 0.717) is 22.4 Å². The Balaban J connectivity index is 1.73. The van der Waals surface area contributed by atoms with E-state index >= 15 is 0 Å². The van der Waals surface area contributed by atoms with Crippen LogP contribution in [0.3, 0.4) is 0 Å². The van der Waals surface area contributed by atoms with Gasteiger partial charge in [-0.25, -0.2) is 14.4 Å². The van der Waals surface area contributed by atoms with E-state index in [1.54, 1.807) is 43.5 Å². The van der Waals surface area contributed by atoms with Crippen molar-refractivity contribution in [3.8, 4) is 17.6 Å². The number of nitrogen functional groups attached to an aromatic ring is 1. The lowest BCUT2D eigenvalue weighted by Gasteiger charge is -2.10. The monoisotopic (exact) mass is 396 g/mol. The molecule has 1 heterocycles. The topological polar surface area (TPSA) is 94.1 Å². The molecule has 0 radical (unpaired) electrons. The number of halogens is 1. The molecular formula is C20H17FN4O2S. The fourth-order valence-corrected chi connectivity index (χ4v) is 3.17. The molecule has 0 saturated carbocycles. The number of nitriles is 1. The Morgan fingerprint density at radius 1 is 1.07 bits per heavy atom. The quantitative estimate of drug-likeness (QED) is 0.477. The number of hydrogen-bond acceptors (Lipinski definition) is 7. The average Bonchev–Trinajstić information content (AvgIpc) is 2.72. The van der Waals surface area contributed by atoms with Crippen LogP contribution in [-0.4, -0.2) is 17.1 Å². The number of rotatable bonds is 7. The van der Waals surface area contributed by atoms with Crippen LogP contribution in [0.5, 0.6) is 11.5 Å². The van der Waals surface area contributed by atoms with Crippen LogP contribution >= 0.6 is 11.8 Å². The predicted molar refractivity (Wildman–Crippen MR) is 104 cm³/mol. The number of nitrogens with two attached hydrogens (primary N) is 1. The van der Waals surface area contributed by atoms with Crippen molar-refractivity contribution in [3.63, 3.8) is 0 Å². The second-order valence-corrected chi connectivity index (χ2v) is 6.65. The van der Waals surface area contributed by atoms with Crippen molar-refractivity contribution in [1.29, 1.82) is 5.26 Å². The zero-order valence-electron chi connectivity index (χ0n) is 15.1. The first-order valence-electron chi connectivity index (χ1n) is 8.29. The Kier molecular flexibility index (Phi) is 6.29. The fourth-order valence-electron chi connectivity index (χ4n) is 2.35. The smallest absolute Gasteiger partial charge is 0.190 e. The van der Waals surface area contributed by atoms with Gasteiger partial charge in [-0.2, -0.15) is 5.26 Å². The molecule has 0 bridgehead atoms. The summed E-state index contributed by atoms with van der Waals surface area (Å²) in [4.78, 5) is 8.59. The van der Waals surface area contributed by atoms with Crippen LogP contribution in [-0.2, 0) is 12.4 Å². The molecule has 3 aromatic rings. The summed E-state index contributed by atoms with van der Waals surface area (Å²) in [6.07, 6.45) is 0. The zero-order chi connectivity index (χ0) is 19.9. The highest BCUT2D eigenvalue weighted by Crippen LogP contribution is 2.24. The van der Waals surface area contributed by atoms with Crippen molar-refractivity contribution in [1.82, 2.24) is 9.97 Å². The van der Waals surface area contributed by atoms with Crippen LogP contribution in [0.1, 0.15) is 16.8 Å². The van der Waals surface area contributed by atoms with Crippen molar-refractivity contribution in [2.24, 2.45) is 0 Å². The first-order valence-corrected chi connectivity index (χ1v) is 9.28. The molecule has 28 heavy (non-hydrogen) atoms. The molecule has 0 aliphatic rings. The largest absolute Gasteiger partial charge is 0.497 e. The maximum Gasteiger partial charge on any atom is 0.190 e. The molecule has 0 fully saturated rings. The molecule has 3 rings (SSSR count). The van der Waals surface area contributed by atoms with Gasteiger partial charge >= 0.3 is 0 Å². The van der Waals surface area contributed by atoms with Gasteiger partial charge in [-0.15, -0.1) is 0 Å². The Bertz CT molecular complexity index is 989. The Morgan fingerprint density at radius 2 is 1.75 bits per heavy atom. The molecule has 0 atom stereocenters. The highest BCUT2D eigenvalue weighted by Gasteiger charge is 2.14. The standard InChI is InChI=1S/C20H17FN4O2S/c1-26-15-6-8-16(9-7-15)27-11-18-17(10-22)19(23)25-20(24-18)28-12-13-2-4-14(21)5-3-13/h2-9H,11-12H2,1H3,(H2,23,24,25). The van der Waals surface area contributed by atoms with Gasteiger partial charge in [0.2, 0.25) is 0 Å². The number of hydrogen-bond donors (Lipinski definition) is 1. The van der Waals surface area contributed by atoms with E-state index in [-0.39, 0.29) is 23.8 Å². The summed E-state index contributed by atoms with van der Waals surface area (Å²) >= 11 is 1.35. The minimum absolute atomic E-state index is 0.0754. The molecule has 0 aliphatic heterocycles. The molecule has 0 spiro atoms. The van der Waals surface area contributed by atoms with E-state index in [2.05, 4.69) is 9.97 Å². The van der Waals surface area contributed by atoms with Crippen molar-refractivity contribution in [3.05, 3.63) is 71.2 Å². The molecule has 142 valence electrons. The van der Waals surface area contributed by atoms with Gasteiger partial charge < -0.3 is 15.2 Å². The lowest BCUT2D eigenvalue weighted by Crippen LogP contribution is -2.08. The highest BCUT2D eigenvalue weighted by molar-refractivity contribution is 7.98. The van der Waals surface area contributed by atoms with E-state index in [0.717, 1.165) is 11.3 Å². The van der Waals surface area contributed by atoms with Gasteiger partial charge in [-0.05, 0) is 42.0 Å². The van der Waals surface area contributed by atoms with Crippen molar-refractivity contribution >= 4 is 17.6 Å². The lowest BCUT2D eigenvalue weighted by atomic mass is 10.2. The molecule has 8 heteroatoms. The molecular weight excluding hydrogens is 379 g/mol. The maximum atomic E-state index is 13.0. The minimum atomic E-state index is -0.286. The van der Waals surface area contributed by atoms with Gasteiger partial charge in [0, 0.05) is 5.75 Å². The van der Waals surface area contributed by atoms with Gasteiger partial charge in [0.25, 0.3) is 0 Å². The zero-order valence-corrected chi connectivity index (χ0v) is 15.9. The van der Waals surface area contributed by atoms with Crippen LogP contribution < -0.4 is 15.2 Å². The summed E-state index contributed by atoms with van der Waals surface area (Å²) in [5.74, 6) is 1.70. The molecule has 1 aromatic heterocycles. The second-order valence-electron chi connectivity index (χ2n) is 5.70. The van der Waals surface area contributed by atoms with Gasteiger partial charge in [-0.3, -0.25) is 0 Å². The van der Waals surface area contributed by atoms with Crippen LogP contribution in [0.15, 0.2) is 53.7 Å². The number of aromatic nitrogens is 2. The first kappa shape index (κ1) is 19.5. The number of nitrogens with zero attached hydrogens (tertiary/aromatic N) is 3. The fraction of sp³-hybridized carbons (Fsp3) is 0.150. The van der Waals surface area contributed by atoms with E-state index in [9.17, 15) is 9.65 Å². The summed E-state index contributed by atoms with van der Waals surface area (Å²) in [5.41, 5.74) is 7.45. The Labute approximate surface area is 166 Å². The predicted octanol–water partition coefficient (Wildman–Crippen LogP) is 3.95. The lowest BCUT2D eigenvalue weighted by molar-refractivity contribution is 0.299. The van der Waals surface area contributed by atoms with E-state index in [1.165, 1.54) is 23.9 Å². The molecule has 0 unspecified atom stereocenters. The maximum absolute atomic E-state index is 13.0. The van der Waals surface area contributed by atoms with Crippen molar-refractivity contribution in [2.45, 2.75) is 17.5 Å². The van der Waals surface area contributed by atoms with Gasteiger partial charge in [-0.1, -0.05) is 23.9 Å². The highest BCUT2D eigenvalue weighted by atomic mass is 32.2. The third-order valence-electron chi connectivity index (χ3n) is 3.82. The minimum Gasteiger partial charge on any atom is -0.497 e. The number of anilines is 1. The van der Waals surface area contributed by atoms with Crippen LogP contribution in [0.2, 0.25) is 0 Å². The number of benzene rings is 2. The number of thioether (sulfide) groups is 1. The van der Waals surface area contributed by atoms with Crippen molar-refractivity contribution in [2.75, 3.05) is 12.8 Å². The van der Waals surface area contributed by atoms with E-state index in [1.807, 2.05) is 6.07 Å². The summed E-state index contributed by atoms with van der Waals surface area (Å²) in [7, 11) is 1.59. The van der Waals surface area contributed by atoms with Gasteiger partial charge in [0.05, 0.1) is 7.11 Å². The number of ether oxygens (including phenoxy) is 2. The Hall–Kier alpha value is -3.31. The summed E-state index contributed by atoms with van der Waals surface area (Å²) < 4.78 is 23.8. The number of methoxy groups -OCH3 is 1.